The molecule has 0 fully saturated rings. The summed E-state index contributed by atoms with van der Waals surface area (Å²) in [6.07, 6.45) is 4.12. The molecule has 0 amide bonds. The molecule has 0 saturated heterocycles. The SMILES string of the molecule is O=CC=[CH][Ni][CH]=CC=O. The Morgan fingerprint density at radius 3 is 1.67 bits per heavy atom. The third kappa shape index (κ3) is 7.31. The van der Waals surface area contributed by atoms with Gasteiger partial charge < -0.3 is 0 Å². The Morgan fingerprint density at radius 2 is 1.33 bits per heavy atom. The number of hydrogen-bond donors (Lipinski definition) is 0. The zero-order valence-corrected chi connectivity index (χ0v) is 5.58. The van der Waals surface area contributed by atoms with Gasteiger partial charge in [0.2, 0.25) is 0 Å². The number of allylic oxidation sites excluding steroid dienone is 2. The van der Waals surface area contributed by atoms with Crippen molar-refractivity contribution in [3.63, 3.8) is 0 Å². The predicted octanol–water partition coefficient (Wildman–Crippen LogP) is 0.494. The summed E-state index contributed by atoms with van der Waals surface area (Å²) in [4.78, 5) is 19.3. The molecule has 0 rings (SSSR count). The van der Waals surface area contributed by atoms with Gasteiger partial charge in [-0.25, -0.2) is 0 Å². The standard InChI is InChI=1S/2C3H3O.Ni/c2*1-2-3-4;/h2*1-3H;. The first-order valence-electron chi connectivity index (χ1n) is 2.17. The first-order valence-corrected chi connectivity index (χ1v) is 3.31. The van der Waals surface area contributed by atoms with Gasteiger partial charge in [0.15, 0.2) is 0 Å². The van der Waals surface area contributed by atoms with Crippen LogP contribution in [0.1, 0.15) is 0 Å². The summed E-state index contributed by atoms with van der Waals surface area (Å²) in [6, 6.07) is 0. The van der Waals surface area contributed by atoms with E-state index in [0.29, 0.717) is 12.6 Å². The summed E-state index contributed by atoms with van der Waals surface area (Å²) in [7, 11) is 0. The summed E-state index contributed by atoms with van der Waals surface area (Å²) in [5.74, 6) is 0. The average molecular weight is 169 g/mol. The van der Waals surface area contributed by atoms with E-state index >= 15 is 0 Å². The van der Waals surface area contributed by atoms with Gasteiger partial charge in [-0.3, -0.25) is 0 Å². The molecule has 52 valence electrons. The summed E-state index contributed by atoms with van der Waals surface area (Å²) in [5, 5.41) is 3.22. The van der Waals surface area contributed by atoms with E-state index in [4.69, 9.17) is 0 Å². The van der Waals surface area contributed by atoms with Crippen LogP contribution in [0.3, 0.4) is 0 Å². The topological polar surface area (TPSA) is 34.1 Å². The van der Waals surface area contributed by atoms with Crippen molar-refractivity contribution in [1.29, 1.82) is 0 Å². The number of aldehydes is 2. The van der Waals surface area contributed by atoms with Gasteiger partial charge in [-0.1, -0.05) is 0 Å². The van der Waals surface area contributed by atoms with Crippen LogP contribution in [0.5, 0.6) is 0 Å². The molecule has 0 unspecified atom stereocenters. The summed E-state index contributed by atoms with van der Waals surface area (Å²) in [6.45, 7) is 0. The molecule has 0 atom stereocenters. The number of carbonyl (C=O) groups excluding carboxylic acids is 2. The van der Waals surface area contributed by atoms with Crippen LogP contribution in [0, 0.1) is 0 Å². The molecule has 0 radical (unpaired) electrons. The van der Waals surface area contributed by atoms with E-state index in [1.54, 1.807) is 10.1 Å². The molecule has 3 heteroatoms. The normalized spacial score (nSPS) is 11.1. The number of hydrogen-bond acceptors (Lipinski definition) is 2. The molecular weight excluding hydrogens is 163 g/mol. The van der Waals surface area contributed by atoms with Crippen LogP contribution in [-0.4, -0.2) is 12.6 Å². The molecule has 0 saturated carbocycles. The van der Waals surface area contributed by atoms with Gasteiger partial charge in [0, 0.05) is 0 Å². The van der Waals surface area contributed by atoms with Crippen LogP contribution >= 0.6 is 0 Å². The van der Waals surface area contributed by atoms with Crippen molar-refractivity contribution < 1.29 is 24.0 Å². The van der Waals surface area contributed by atoms with Gasteiger partial charge in [-0.05, 0) is 0 Å². The third-order valence-electron chi connectivity index (χ3n) is 0.401. The molecular formula is C6H6NiO2. The van der Waals surface area contributed by atoms with Crippen LogP contribution in [-0.2, 0) is 24.0 Å². The summed E-state index contributed by atoms with van der Waals surface area (Å²) < 4.78 is 0. The first-order chi connectivity index (χ1) is 4.41. The number of rotatable bonds is 4. The van der Waals surface area contributed by atoms with Crippen molar-refractivity contribution in [2.45, 2.75) is 0 Å². The third-order valence-corrected chi connectivity index (χ3v) is 1.16. The van der Waals surface area contributed by atoms with E-state index in [-0.39, 0.29) is 0 Å². The van der Waals surface area contributed by atoms with Gasteiger partial charge in [0.25, 0.3) is 0 Å². The van der Waals surface area contributed by atoms with Gasteiger partial charge in [0.05, 0.1) is 0 Å². The first kappa shape index (κ1) is 8.31. The van der Waals surface area contributed by atoms with E-state index < -0.39 is 0 Å². The molecule has 2 nitrogen and oxygen atoms in total. The van der Waals surface area contributed by atoms with Crippen molar-refractivity contribution in [3.05, 3.63) is 22.2 Å². The molecule has 0 spiro atoms. The quantitative estimate of drug-likeness (QED) is 0.348. The maximum absolute atomic E-state index is 9.65. The Bertz CT molecular complexity index is 122. The summed E-state index contributed by atoms with van der Waals surface area (Å²) >= 11 is 1.12. The fraction of sp³-hybridized carbons (Fsp3) is 0. The van der Waals surface area contributed by atoms with Crippen molar-refractivity contribution in [1.82, 2.24) is 0 Å². The molecule has 0 aromatic heterocycles. The second-order valence-corrected chi connectivity index (χ2v) is 1.96. The second-order valence-electron chi connectivity index (χ2n) is 0.973. The van der Waals surface area contributed by atoms with Crippen molar-refractivity contribution in [2.75, 3.05) is 0 Å². The minimum absolute atomic E-state index is 0.688. The van der Waals surface area contributed by atoms with E-state index in [9.17, 15) is 9.59 Å². The van der Waals surface area contributed by atoms with E-state index in [2.05, 4.69) is 0 Å². The zero-order chi connectivity index (χ0) is 6.95. The van der Waals surface area contributed by atoms with Crippen molar-refractivity contribution in [3.8, 4) is 0 Å². The van der Waals surface area contributed by atoms with Crippen LogP contribution < -0.4 is 0 Å². The van der Waals surface area contributed by atoms with Gasteiger partial charge in [-0.15, -0.1) is 0 Å². The van der Waals surface area contributed by atoms with Crippen molar-refractivity contribution in [2.24, 2.45) is 0 Å². The van der Waals surface area contributed by atoms with Crippen LogP contribution in [0.15, 0.2) is 22.2 Å². The molecule has 0 aliphatic rings. The fourth-order valence-electron chi connectivity index (χ4n) is 0.155. The van der Waals surface area contributed by atoms with Gasteiger partial charge in [-0.2, -0.15) is 0 Å². The molecule has 0 aromatic carbocycles. The Morgan fingerprint density at radius 1 is 0.889 bits per heavy atom. The molecule has 0 heterocycles. The molecule has 0 aliphatic heterocycles. The summed E-state index contributed by atoms with van der Waals surface area (Å²) in [5.41, 5.74) is 0. The second kappa shape index (κ2) is 7.31. The molecule has 0 bridgehead atoms. The predicted molar refractivity (Wildman–Crippen MR) is 30.4 cm³/mol. The monoisotopic (exact) mass is 168 g/mol. The Balaban J connectivity index is 3.27. The Labute approximate surface area is 59.4 Å². The molecule has 0 N–H and O–H groups in total. The van der Waals surface area contributed by atoms with E-state index in [0.717, 1.165) is 14.4 Å². The van der Waals surface area contributed by atoms with Crippen LogP contribution in [0.4, 0.5) is 0 Å². The Kier molecular flexibility index (Phi) is 6.76. The fourth-order valence-corrected chi connectivity index (χ4v) is 0.639. The van der Waals surface area contributed by atoms with Crippen molar-refractivity contribution >= 4 is 12.6 Å². The van der Waals surface area contributed by atoms with Crippen LogP contribution in [0.2, 0.25) is 0 Å². The molecule has 0 aliphatic carbocycles. The van der Waals surface area contributed by atoms with Gasteiger partial charge in [0.1, 0.15) is 0 Å². The van der Waals surface area contributed by atoms with Gasteiger partial charge >= 0.3 is 58.8 Å². The molecule has 0 aromatic rings. The van der Waals surface area contributed by atoms with Crippen LogP contribution in [0.25, 0.3) is 0 Å². The Hall–Kier alpha value is -0.686. The number of carbonyl (C=O) groups is 2. The average Bonchev–Trinajstić information content (AvgIpc) is 1.89. The maximum atomic E-state index is 9.65. The zero-order valence-electron chi connectivity index (χ0n) is 4.60. The minimum atomic E-state index is 0.688. The van der Waals surface area contributed by atoms with E-state index in [1.807, 2.05) is 0 Å². The molecule has 9 heavy (non-hydrogen) atoms. The van der Waals surface area contributed by atoms with E-state index in [1.165, 1.54) is 12.2 Å².